The molecule has 1 aromatic heterocycles. The first-order chi connectivity index (χ1) is 10.1. The van der Waals surface area contributed by atoms with Crippen molar-refractivity contribution in [3.05, 3.63) is 48.0 Å². The third-order valence-electron chi connectivity index (χ3n) is 3.64. The van der Waals surface area contributed by atoms with Crippen molar-refractivity contribution >= 4 is 17.3 Å². The number of anilines is 3. The molecule has 1 fully saturated rings. The van der Waals surface area contributed by atoms with Crippen LogP contribution in [0.25, 0.3) is 0 Å². The molecule has 21 heavy (non-hydrogen) atoms. The predicted molar refractivity (Wildman–Crippen MR) is 79.4 cm³/mol. The maximum Gasteiger partial charge on any atom is 0.168 e. The second-order valence-corrected chi connectivity index (χ2v) is 4.97. The quantitative estimate of drug-likeness (QED) is 0.921. The molecule has 0 spiro atoms. The number of aromatic nitrogens is 1. The molecule has 0 aliphatic carbocycles. The first kappa shape index (κ1) is 13.6. The highest BCUT2D eigenvalue weighted by molar-refractivity contribution is 5.51. The zero-order valence-corrected chi connectivity index (χ0v) is 11.5. The van der Waals surface area contributed by atoms with E-state index in [-0.39, 0.29) is 11.6 Å². The Morgan fingerprint density at radius 3 is 2.19 bits per heavy atom. The van der Waals surface area contributed by atoms with Crippen LogP contribution in [0.4, 0.5) is 26.1 Å². The van der Waals surface area contributed by atoms with Crippen LogP contribution in [-0.2, 0) is 0 Å². The number of para-hydroxylation sites is 1. The number of halogens is 2. The van der Waals surface area contributed by atoms with Gasteiger partial charge >= 0.3 is 0 Å². The number of pyridine rings is 1. The van der Waals surface area contributed by atoms with Crippen molar-refractivity contribution in [2.75, 3.05) is 41.7 Å². The van der Waals surface area contributed by atoms with Crippen LogP contribution in [0.15, 0.2) is 36.4 Å². The smallest absolute Gasteiger partial charge is 0.168 e. The molecule has 0 saturated carbocycles. The van der Waals surface area contributed by atoms with Crippen LogP contribution < -0.4 is 15.5 Å². The Balaban J connectivity index is 1.73. The average molecular weight is 290 g/mol. The SMILES string of the molecule is Nc1nc(N2CCN(c3ccccc3)CC2)c(F)cc1F. The minimum atomic E-state index is -0.820. The van der Waals surface area contributed by atoms with Gasteiger partial charge in [-0.05, 0) is 12.1 Å². The zero-order chi connectivity index (χ0) is 14.8. The number of piperazine rings is 1. The topological polar surface area (TPSA) is 45.4 Å². The zero-order valence-electron chi connectivity index (χ0n) is 11.5. The standard InChI is InChI=1S/C15H16F2N4/c16-12-10-13(17)15(19-14(12)18)21-8-6-20(7-9-21)11-4-2-1-3-5-11/h1-5,10H,6-9H2,(H2,18,19). The van der Waals surface area contributed by atoms with Crippen LogP contribution in [0.5, 0.6) is 0 Å². The summed E-state index contributed by atoms with van der Waals surface area (Å²) in [6.45, 7) is 2.73. The van der Waals surface area contributed by atoms with Crippen LogP contribution in [0.3, 0.4) is 0 Å². The van der Waals surface area contributed by atoms with Crippen LogP contribution in [0, 0.1) is 11.6 Å². The van der Waals surface area contributed by atoms with Crippen LogP contribution in [0.1, 0.15) is 0 Å². The van der Waals surface area contributed by atoms with Gasteiger partial charge in [-0.3, -0.25) is 0 Å². The van der Waals surface area contributed by atoms with E-state index in [1.807, 2.05) is 30.3 Å². The summed E-state index contributed by atoms with van der Waals surface area (Å²) in [6.07, 6.45) is 0. The summed E-state index contributed by atoms with van der Waals surface area (Å²) in [4.78, 5) is 7.85. The predicted octanol–water partition coefficient (Wildman–Crippen LogP) is 2.27. The van der Waals surface area contributed by atoms with Crippen molar-refractivity contribution in [1.82, 2.24) is 4.98 Å². The molecule has 0 amide bonds. The van der Waals surface area contributed by atoms with Crippen molar-refractivity contribution in [1.29, 1.82) is 0 Å². The van der Waals surface area contributed by atoms with E-state index in [0.717, 1.165) is 24.8 Å². The van der Waals surface area contributed by atoms with E-state index >= 15 is 0 Å². The van der Waals surface area contributed by atoms with Crippen molar-refractivity contribution < 1.29 is 8.78 Å². The van der Waals surface area contributed by atoms with Gasteiger partial charge in [0.1, 0.15) is 0 Å². The average Bonchev–Trinajstić information content (AvgIpc) is 2.52. The first-order valence-electron chi connectivity index (χ1n) is 6.81. The lowest BCUT2D eigenvalue weighted by molar-refractivity contribution is 0.561. The molecule has 1 aliphatic heterocycles. The molecule has 0 atom stereocenters. The van der Waals surface area contributed by atoms with E-state index < -0.39 is 11.6 Å². The Morgan fingerprint density at radius 1 is 0.905 bits per heavy atom. The second kappa shape index (κ2) is 5.55. The van der Waals surface area contributed by atoms with Gasteiger partial charge in [0.15, 0.2) is 23.3 Å². The third-order valence-corrected chi connectivity index (χ3v) is 3.64. The molecule has 2 heterocycles. The van der Waals surface area contributed by atoms with Crippen LogP contribution >= 0.6 is 0 Å². The second-order valence-electron chi connectivity index (χ2n) is 4.97. The highest BCUT2D eigenvalue weighted by atomic mass is 19.1. The fourth-order valence-corrected chi connectivity index (χ4v) is 2.51. The Morgan fingerprint density at radius 2 is 1.52 bits per heavy atom. The minimum Gasteiger partial charge on any atom is -0.381 e. The summed E-state index contributed by atoms with van der Waals surface area (Å²) < 4.78 is 27.0. The lowest BCUT2D eigenvalue weighted by atomic mass is 10.2. The Labute approximate surface area is 121 Å². The molecule has 110 valence electrons. The Kier molecular flexibility index (Phi) is 3.60. The molecule has 1 aliphatic rings. The van der Waals surface area contributed by atoms with E-state index in [1.54, 1.807) is 4.90 Å². The first-order valence-corrected chi connectivity index (χ1v) is 6.81. The highest BCUT2D eigenvalue weighted by Gasteiger charge is 2.22. The Bertz CT molecular complexity index is 625. The van der Waals surface area contributed by atoms with E-state index in [2.05, 4.69) is 9.88 Å². The highest BCUT2D eigenvalue weighted by Crippen LogP contribution is 2.23. The monoisotopic (exact) mass is 290 g/mol. The molecular formula is C15H16F2N4. The number of hydrogen-bond acceptors (Lipinski definition) is 4. The number of nitrogens with two attached hydrogens (primary N) is 1. The molecule has 2 N–H and O–H groups in total. The lowest BCUT2D eigenvalue weighted by Gasteiger charge is -2.36. The lowest BCUT2D eigenvalue weighted by Crippen LogP contribution is -2.47. The number of nitrogen functional groups attached to an aromatic ring is 1. The summed E-state index contributed by atoms with van der Waals surface area (Å²) in [7, 11) is 0. The molecule has 6 heteroatoms. The van der Waals surface area contributed by atoms with Gasteiger partial charge in [0.25, 0.3) is 0 Å². The van der Waals surface area contributed by atoms with Crippen molar-refractivity contribution in [2.24, 2.45) is 0 Å². The molecular weight excluding hydrogens is 274 g/mol. The molecule has 1 aromatic carbocycles. The Hall–Kier alpha value is -2.37. The molecule has 1 saturated heterocycles. The van der Waals surface area contributed by atoms with Gasteiger partial charge in [0, 0.05) is 37.9 Å². The summed E-state index contributed by atoms with van der Waals surface area (Å²) >= 11 is 0. The van der Waals surface area contributed by atoms with Gasteiger partial charge in [0.05, 0.1) is 0 Å². The third kappa shape index (κ3) is 2.74. The summed E-state index contributed by atoms with van der Waals surface area (Å²) in [5.74, 6) is -1.63. The minimum absolute atomic E-state index is 0.126. The fourth-order valence-electron chi connectivity index (χ4n) is 2.51. The van der Waals surface area contributed by atoms with E-state index in [1.165, 1.54) is 0 Å². The van der Waals surface area contributed by atoms with E-state index in [0.29, 0.717) is 13.1 Å². The van der Waals surface area contributed by atoms with Gasteiger partial charge < -0.3 is 15.5 Å². The van der Waals surface area contributed by atoms with Gasteiger partial charge in [0.2, 0.25) is 0 Å². The van der Waals surface area contributed by atoms with Crippen molar-refractivity contribution in [2.45, 2.75) is 0 Å². The summed E-state index contributed by atoms with van der Waals surface area (Å²) in [5.41, 5.74) is 6.57. The number of rotatable bonds is 2. The summed E-state index contributed by atoms with van der Waals surface area (Å²) in [5, 5.41) is 0. The van der Waals surface area contributed by atoms with E-state index in [9.17, 15) is 8.78 Å². The van der Waals surface area contributed by atoms with Crippen molar-refractivity contribution in [3.8, 4) is 0 Å². The number of nitrogens with zero attached hydrogens (tertiary/aromatic N) is 3. The summed E-state index contributed by atoms with van der Waals surface area (Å²) in [6, 6.07) is 10.8. The van der Waals surface area contributed by atoms with E-state index in [4.69, 9.17) is 5.73 Å². The maximum absolute atomic E-state index is 13.8. The van der Waals surface area contributed by atoms with Gasteiger partial charge in [-0.15, -0.1) is 0 Å². The van der Waals surface area contributed by atoms with Gasteiger partial charge in [-0.1, -0.05) is 18.2 Å². The normalized spacial score (nSPS) is 15.3. The fraction of sp³-hybridized carbons (Fsp3) is 0.267. The molecule has 4 nitrogen and oxygen atoms in total. The molecule has 0 bridgehead atoms. The van der Waals surface area contributed by atoms with Crippen LogP contribution in [0.2, 0.25) is 0 Å². The van der Waals surface area contributed by atoms with Gasteiger partial charge in [-0.2, -0.15) is 0 Å². The molecule has 0 unspecified atom stereocenters. The molecule has 0 radical (unpaired) electrons. The largest absolute Gasteiger partial charge is 0.381 e. The maximum atomic E-state index is 13.8. The van der Waals surface area contributed by atoms with Crippen molar-refractivity contribution in [3.63, 3.8) is 0 Å². The molecule has 3 rings (SSSR count). The van der Waals surface area contributed by atoms with Gasteiger partial charge in [-0.25, -0.2) is 13.8 Å². The number of hydrogen-bond donors (Lipinski definition) is 1. The number of benzene rings is 1. The van der Waals surface area contributed by atoms with Crippen LogP contribution in [-0.4, -0.2) is 31.2 Å². The molecule has 2 aromatic rings.